The van der Waals surface area contributed by atoms with Gasteiger partial charge in [-0.05, 0) is 94.9 Å². The lowest BCUT2D eigenvalue weighted by molar-refractivity contribution is -0.136. The quantitative estimate of drug-likeness (QED) is 0.104. The van der Waals surface area contributed by atoms with Crippen LogP contribution in [0, 0.1) is 0 Å². The molecular weight excluding hydrogens is 647 g/mol. The zero-order chi connectivity index (χ0) is 34.5. The summed E-state index contributed by atoms with van der Waals surface area (Å²) in [4.78, 5) is 11.7. The first-order chi connectivity index (χ1) is 23.0. The maximum atomic E-state index is 11.7. The van der Waals surface area contributed by atoms with Crippen molar-refractivity contribution in [1.82, 2.24) is 0 Å². The van der Waals surface area contributed by atoms with E-state index in [0.717, 1.165) is 29.4 Å². The lowest BCUT2D eigenvalue weighted by atomic mass is 10.0. The Balaban J connectivity index is 0.000000331. The van der Waals surface area contributed by atoms with E-state index in [1.54, 1.807) is 24.3 Å². The second kappa shape index (κ2) is 17.6. The van der Waals surface area contributed by atoms with Crippen LogP contribution < -0.4 is 14.7 Å². The molecule has 0 saturated carbocycles. The first kappa shape index (κ1) is 36.3. The standard InChI is InChI=1S/C26H28O7S2.C12H13N/c1-35(30,31)33-24-12-10-23(11-13-24)32-16-14-19-2-4-21(5-3-19)18-25(26(28)29)34-17-15-20-6-8-22(27)9-7-20;1-9(13)11-8-4-6-10-5-2-3-7-12(10)11/h2-13,25,27H,14-18H2,1H3,(H,28,29);2-9H,13H2,1H3/t25-;9-/m11/s1. The van der Waals surface area contributed by atoms with Crippen molar-refractivity contribution in [2.45, 2.75) is 37.5 Å². The molecule has 5 aromatic rings. The highest BCUT2D eigenvalue weighted by molar-refractivity contribution is 8.00. The molecule has 0 fully saturated rings. The highest BCUT2D eigenvalue weighted by Gasteiger charge is 2.18. The number of benzene rings is 5. The van der Waals surface area contributed by atoms with Gasteiger partial charge in [0.2, 0.25) is 0 Å². The average molecular weight is 688 g/mol. The lowest BCUT2D eigenvalue weighted by Gasteiger charge is -2.13. The van der Waals surface area contributed by atoms with Crippen LogP contribution in [0.15, 0.2) is 115 Å². The number of fused-ring (bicyclic) bond motifs is 1. The number of carboxylic acids is 1. The van der Waals surface area contributed by atoms with Gasteiger partial charge in [0.15, 0.2) is 0 Å². The highest BCUT2D eigenvalue weighted by atomic mass is 32.2. The highest BCUT2D eigenvalue weighted by Crippen LogP contribution is 2.23. The van der Waals surface area contributed by atoms with Gasteiger partial charge in [0, 0.05) is 12.5 Å². The van der Waals surface area contributed by atoms with E-state index in [9.17, 15) is 23.4 Å². The fraction of sp³-hybridized carbons (Fsp3) is 0.237. The monoisotopic (exact) mass is 687 g/mol. The summed E-state index contributed by atoms with van der Waals surface area (Å²) in [5.74, 6) is 0.907. The van der Waals surface area contributed by atoms with Crippen molar-refractivity contribution in [3.8, 4) is 17.2 Å². The number of aryl methyl sites for hydroxylation is 1. The number of aliphatic carboxylic acids is 1. The topological polar surface area (TPSA) is 136 Å². The number of hydrogen-bond acceptors (Lipinski definition) is 8. The minimum atomic E-state index is -3.56. The van der Waals surface area contributed by atoms with Crippen molar-refractivity contribution < 1.29 is 32.3 Å². The minimum Gasteiger partial charge on any atom is -0.508 e. The third-order valence-corrected chi connectivity index (χ3v) is 9.12. The van der Waals surface area contributed by atoms with Gasteiger partial charge in [0.05, 0.1) is 12.9 Å². The summed E-state index contributed by atoms with van der Waals surface area (Å²) in [5, 5.41) is 21.0. The van der Waals surface area contributed by atoms with Gasteiger partial charge in [-0.2, -0.15) is 8.42 Å². The minimum absolute atomic E-state index is 0.103. The summed E-state index contributed by atoms with van der Waals surface area (Å²) in [5.41, 5.74) is 10.2. The van der Waals surface area contributed by atoms with Gasteiger partial charge in [0.25, 0.3) is 0 Å². The number of phenols is 1. The fourth-order valence-electron chi connectivity index (χ4n) is 4.96. The largest absolute Gasteiger partial charge is 0.508 e. The van der Waals surface area contributed by atoms with Gasteiger partial charge in [0.1, 0.15) is 22.5 Å². The Morgan fingerprint density at radius 3 is 2.02 bits per heavy atom. The van der Waals surface area contributed by atoms with Gasteiger partial charge >= 0.3 is 16.1 Å². The molecule has 0 saturated heterocycles. The van der Waals surface area contributed by atoms with Crippen LogP contribution >= 0.6 is 11.8 Å². The number of thioether (sulfide) groups is 1. The zero-order valence-electron chi connectivity index (χ0n) is 27.0. The number of hydrogen-bond donors (Lipinski definition) is 3. The second-order valence-corrected chi connectivity index (χ2v) is 14.2. The van der Waals surface area contributed by atoms with Gasteiger partial charge < -0.3 is 24.9 Å². The number of nitrogens with two attached hydrogens (primary N) is 1. The molecule has 0 radical (unpaired) electrons. The molecular formula is C38H41NO7S2. The number of carbonyl (C=O) groups is 1. The first-order valence-electron chi connectivity index (χ1n) is 15.5. The Labute approximate surface area is 286 Å². The number of rotatable bonds is 14. The van der Waals surface area contributed by atoms with Crippen LogP contribution in [0.4, 0.5) is 0 Å². The molecule has 8 nitrogen and oxygen atoms in total. The van der Waals surface area contributed by atoms with Gasteiger partial charge in [-0.1, -0.05) is 78.9 Å². The van der Waals surface area contributed by atoms with E-state index in [-0.39, 0.29) is 17.5 Å². The van der Waals surface area contributed by atoms with E-state index in [2.05, 4.69) is 30.3 Å². The molecule has 2 atom stereocenters. The molecule has 10 heteroatoms. The van der Waals surface area contributed by atoms with Crippen LogP contribution in [0.5, 0.6) is 17.2 Å². The normalized spacial score (nSPS) is 12.4. The van der Waals surface area contributed by atoms with Crippen LogP contribution in [-0.2, 0) is 34.2 Å². The molecule has 0 amide bonds. The Morgan fingerprint density at radius 2 is 1.38 bits per heavy atom. The van der Waals surface area contributed by atoms with E-state index in [0.29, 0.717) is 31.0 Å². The van der Waals surface area contributed by atoms with Crippen LogP contribution in [0.1, 0.15) is 35.2 Å². The molecule has 5 aromatic carbocycles. The van der Waals surface area contributed by atoms with Crippen molar-refractivity contribution in [3.63, 3.8) is 0 Å². The predicted molar refractivity (Wildman–Crippen MR) is 194 cm³/mol. The average Bonchev–Trinajstić information content (AvgIpc) is 3.06. The molecule has 48 heavy (non-hydrogen) atoms. The molecule has 0 aliphatic carbocycles. The van der Waals surface area contributed by atoms with Gasteiger partial charge in [-0.3, -0.25) is 4.79 Å². The summed E-state index contributed by atoms with van der Waals surface area (Å²) in [6.45, 7) is 2.46. The van der Waals surface area contributed by atoms with Crippen LogP contribution in [0.25, 0.3) is 10.8 Å². The van der Waals surface area contributed by atoms with Crippen LogP contribution in [0.2, 0.25) is 0 Å². The molecule has 0 unspecified atom stereocenters. The maximum Gasteiger partial charge on any atom is 0.316 e. The summed E-state index contributed by atoms with van der Waals surface area (Å²) >= 11 is 1.42. The Hall–Kier alpha value is -4.51. The van der Waals surface area contributed by atoms with Crippen LogP contribution in [0.3, 0.4) is 0 Å². The van der Waals surface area contributed by atoms with E-state index in [4.69, 9.17) is 14.7 Å². The molecule has 0 aliphatic rings. The van der Waals surface area contributed by atoms with Gasteiger partial charge in [-0.25, -0.2) is 0 Å². The van der Waals surface area contributed by atoms with Crippen molar-refractivity contribution in [2.75, 3.05) is 18.6 Å². The fourth-order valence-corrected chi connectivity index (χ4v) is 6.51. The van der Waals surface area contributed by atoms with Crippen molar-refractivity contribution in [1.29, 1.82) is 0 Å². The summed E-state index contributed by atoms with van der Waals surface area (Å²) < 4.78 is 32.8. The van der Waals surface area contributed by atoms with E-state index < -0.39 is 21.3 Å². The van der Waals surface area contributed by atoms with Crippen molar-refractivity contribution in [3.05, 3.63) is 138 Å². The molecule has 0 spiro atoms. The predicted octanol–water partition coefficient (Wildman–Crippen LogP) is 7.18. The van der Waals surface area contributed by atoms with Crippen molar-refractivity contribution >= 4 is 38.6 Å². The van der Waals surface area contributed by atoms with E-state index in [1.807, 2.05) is 55.5 Å². The molecule has 252 valence electrons. The molecule has 5 rings (SSSR count). The SMILES string of the molecule is CS(=O)(=O)Oc1ccc(OCCc2ccc(C[C@@H](SCCc3ccc(O)cc3)C(=O)O)cc2)cc1.C[C@@H](N)c1cccc2ccccc12. The summed E-state index contributed by atoms with van der Waals surface area (Å²) in [7, 11) is -3.56. The number of ether oxygens (including phenoxy) is 1. The van der Waals surface area contributed by atoms with E-state index >= 15 is 0 Å². The molecule has 0 aliphatic heterocycles. The Kier molecular flexibility index (Phi) is 13.3. The van der Waals surface area contributed by atoms with E-state index in [1.165, 1.54) is 40.2 Å². The number of phenolic OH excluding ortho intramolecular Hbond substituents is 1. The van der Waals surface area contributed by atoms with Gasteiger partial charge in [-0.15, -0.1) is 11.8 Å². The lowest BCUT2D eigenvalue weighted by Crippen LogP contribution is -2.20. The third kappa shape index (κ3) is 11.9. The summed E-state index contributed by atoms with van der Waals surface area (Å²) in [6, 6.07) is 35.9. The molecule has 0 heterocycles. The maximum absolute atomic E-state index is 11.7. The second-order valence-electron chi connectivity index (χ2n) is 11.3. The Morgan fingerprint density at radius 1 is 0.792 bits per heavy atom. The van der Waals surface area contributed by atoms with Crippen LogP contribution in [-0.4, -0.2) is 48.5 Å². The molecule has 0 bridgehead atoms. The number of aromatic hydroxyl groups is 1. The smallest absolute Gasteiger partial charge is 0.316 e. The first-order valence-corrected chi connectivity index (χ1v) is 18.4. The molecule has 4 N–H and O–H groups in total. The zero-order valence-corrected chi connectivity index (χ0v) is 28.6. The third-order valence-electron chi connectivity index (χ3n) is 7.41. The molecule has 0 aromatic heterocycles. The number of carboxylic acid groups (broad SMARTS) is 1. The van der Waals surface area contributed by atoms with Crippen molar-refractivity contribution in [2.24, 2.45) is 5.73 Å². The summed E-state index contributed by atoms with van der Waals surface area (Å²) in [6.07, 6.45) is 2.84. The Bertz CT molecular complexity index is 1850.